The Bertz CT molecular complexity index is 138. The number of aliphatic hydroxyl groups is 1. The third-order valence-corrected chi connectivity index (χ3v) is 2.72. The van der Waals surface area contributed by atoms with Gasteiger partial charge in [0.1, 0.15) is 0 Å². The SMILES string of the molecule is COCC(C)C1OCCCC1CO. The lowest BCUT2D eigenvalue weighted by atomic mass is 9.87. The summed E-state index contributed by atoms with van der Waals surface area (Å²) in [6, 6.07) is 0. The molecule has 78 valence electrons. The molecule has 0 aromatic rings. The first-order valence-electron chi connectivity index (χ1n) is 5.01. The number of methoxy groups -OCH3 is 1. The van der Waals surface area contributed by atoms with Gasteiger partial charge < -0.3 is 14.6 Å². The standard InChI is InChI=1S/C10H20O3/c1-8(7-12-2)10-9(6-11)4-3-5-13-10/h8-11H,3-7H2,1-2H3. The second-order valence-corrected chi connectivity index (χ2v) is 3.85. The molecule has 0 aromatic carbocycles. The van der Waals surface area contributed by atoms with Gasteiger partial charge in [-0.05, 0) is 12.8 Å². The number of ether oxygens (including phenoxy) is 2. The van der Waals surface area contributed by atoms with Gasteiger partial charge in [0.15, 0.2) is 0 Å². The summed E-state index contributed by atoms with van der Waals surface area (Å²) < 4.78 is 10.7. The van der Waals surface area contributed by atoms with Gasteiger partial charge in [-0.1, -0.05) is 6.92 Å². The maximum Gasteiger partial charge on any atom is 0.0672 e. The second-order valence-electron chi connectivity index (χ2n) is 3.85. The van der Waals surface area contributed by atoms with Crippen molar-refractivity contribution in [3.63, 3.8) is 0 Å². The van der Waals surface area contributed by atoms with E-state index in [1.165, 1.54) is 0 Å². The Morgan fingerprint density at radius 2 is 2.38 bits per heavy atom. The molecule has 1 rings (SSSR count). The van der Waals surface area contributed by atoms with Crippen LogP contribution >= 0.6 is 0 Å². The Balaban J connectivity index is 2.43. The fourth-order valence-electron chi connectivity index (χ4n) is 2.05. The Labute approximate surface area is 80.0 Å². The van der Waals surface area contributed by atoms with Gasteiger partial charge in [-0.25, -0.2) is 0 Å². The van der Waals surface area contributed by atoms with Crippen LogP contribution < -0.4 is 0 Å². The van der Waals surface area contributed by atoms with E-state index < -0.39 is 0 Å². The van der Waals surface area contributed by atoms with Crippen LogP contribution in [0.3, 0.4) is 0 Å². The summed E-state index contributed by atoms with van der Waals surface area (Å²) in [6.07, 6.45) is 2.33. The minimum absolute atomic E-state index is 0.179. The average Bonchev–Trinajstić information content (AvgIpc) is 2.18. The van der Waals surface area contributed by atoms with Crippen molar-refractivity contribution in [2.75, 3.05) is 26.9 Å². The van der Waals surface area contributed by atoms with E-state index in [0.29, 0.717) is 18.4 Å². The Morgan fingerprint density at radius 3 is 3.00 bits per heavy atom. The van der Waals surface area contributed by atoms with Gasteiger partial charge in [0, 0.05) is 32.2 Å². The molecule has 0 aromatic heterocycles. The van der Waals surface area contributed by atoms with Crippen LogP contribution in [0.25, 0.3) is 0 Å². The minimum Gasteiger partial charge on any atom is -0.396 e. The van der Waals surface area contributed by atoms with Crippen molar-refractivity contribution >= 4 is 0 Å². The third kappa shape index (κ3) is 2.93. The lowest BCUT2D eigenvalue weighted by molar-refractivity contribution is -0.0837. The van der Waals surface area contributed by atoms with Crippen LogP contribution in [-0.4, -0.2) is 38.1 Å². The van der Waals surface area contributed by atoms with Crippen molar-refractivity contribution in [2.24, 2.45) is 11.8 Å². The Hall–Kier alpha value is -0.120. The van der Waals surface area contributed by atoms with Gasteiger partial charge >= 0.3 is 0 Å². The van der Waals surface area contributed by atoms with Crippen LogP contribution in [0.4, 0.5) is 0 Å². The molecule has 0 bridgehead atoms. The number of rotatable bonds is 4. The third-order valence-electron chi connectivity index (χ3n) is 2.72. The van der Waals surface area contributed by atoms with Crippen LogP contribution in [0.15, 0.2) is 0 Å². The van der Waals surface area contributed by atoms with E-state index in [4.69, 9.17) is 14.6 Å². The van der Waals surface area contributed by atoms with Crippen LogP contribution in [0.2, 0.25) is 0 Å². The van der Waals surface area contributed by atoms with Crippen LogP contribution in [0, 0.1) is 11.8 Å². The van der Waals surface area contributed by atoms with Gasteiger partial charge in [-0.3, -0.25) is 0 Å². The smallest absolute Gasteiger partial charge is 0.0672 e. The fourth-order valence-corrected chi connectivity index (χ4v) is 2.05. The fraction of sp³-hybridized carbons (Fsp3) is 1.00. The summed E-state index contributed by atoms with van der Waals surface area (Å²) in [4.78, 5) is 0. The largest absolute Gasteiger partial charge is 0.396 e. The van der Waals surface area contributed by atoms with Crippen LogP contribution in [0.1, 0.15) is 19.8 Å². The molecule has 0 spiro atoms. The first-order valence-corrected chi connectivity index (χ1v) is 5.01. The predicted octanol–water partition coefficient (Wildman–Crippen LogP) is 1.06. The van der Waals surface area contributed by atoms with E-state index >= 15 is 0 Å². The van der Waals surface area contributed by atoms with Crippen molar-refractivity contribution in [3.8, 4) is 0 Å². The van der Waals surface area contributed by atoms with Gasteiger partial charge in [-0.2, -0.15) is 0 Å². The van der Waals surface area contributed by atoms with Crippen LogP contribution in [-0.2, 0) is 9.47 Å². The molecule has 3 atom stereocenters. The summed E-state index contributed by atoms with van der Waals surface area (Å²) >= 11 is 0. The molecule has 1 aliphatic heterocycles. The minimum atomic E-state index is 0.179. The van der Waals surface area contributed by atoms with Crippen molar-refractivity contribution in [1.29, 1.82) is 0 Å². The van der Waals surface area contributed by atoms with E-state index in [-0.39, 0.29) is 12.7 Å². The lowest BCUT2D eigenvalue weighted by Crippen LogP contribution is -2.38. The molecule has 3 unspecified atom stereocenters. The molecule has 3 heteroatoms. The first-order chi connectivity index (χ1) is 6.29. The normalized spacial score (nSPS) is 31.6. The second kappa shape index (κ2) is 5.58. The number of hydrogen-bond acceptors (Lipinski definition) is 3. The summed E-state index contributed by atoms with van der Waals surface area (Å²) in [5, 5.41) is 9.16. The highest BCUT2D eigenvalue weighted by molar-refractivity contribution is 4.78. The molecule has 0 radical (unpaired) electrons. The number of aliphatic hydroxyl groups excluding tert-OH is 1. The van der Waals surface area contributed by atoms with Gasteiger partial charge in [0.2, 0.25) is 0 Å². The summed E-state index contributed by atoms with van der Waals surface area (Å²) in [7, 11) is 1.70. The van der Waals surface area contributed by atoms with Crippen LogP contribution in [0.5, 0.6) is 0 Å². The van der Waals surface area contributed by atoms with E-state index in [9.17, 15) is 0 Å². The zero-order chi connectivity index (χ0) is 9.68. The Kier molecular flexibility index (Phi) is 4.70. The molecular formula is C10H20O3. The molecule has 1 saturated heterocycles. The van der Waals surface area contributed by atoms with Crippen molar-refractivity contribution in [3.05, 3.63) is 0 Å². The Morgan fingerprint density at radius 1 is 1.62 bits per heavy atom. The van der Waals surface area contributed by atoms with E-state index in [1.54, 1.807) is 7.11 Å². The molecule has 1 aliphatic rings. The van der Waals surface area contributed by atoms with Gasteiger partial charge in [-0.15, -0.1) is 0 Å². The first kappa shape index (κ1) is 11.0. The van der Waals surface area contributed by atoms with Crippen molar-refractivity contribution in [2.45, 2.75) is 25.9 Å². The molecular weight excluding hydrogens is 168 g/mol. The van der Waals surface area contributed by atoms with Crippen molar-refractivity contribution < 1.29 is 14.6 Å². The summed E-state index contributed by atoms with van der Waals surface area (Å²) in [5.74, 6) is 0.682. The monoisotopic (exact) mass is 188 g/mol. The maximum absolute atomic E-state index is 9.16. The van der Waals surface area contributed by atoms with E-state index in [1.807, 2.05) is 0 Å². The lowest BCUT2D eigenvalue weighted by Gasteiger charge is -2.34. The maximum atomic E-state index is 9.16. The molecule has 1 heterocycles. The summed E-state index contributed by atoms with van der Waals surface area (Å²) in [6.45, 7) is 3.89. The predicted molar refractivity (Wildman–Crippen MR) is 50.6 cm³/mol. The molecule has 0 amide bonds. The van der Waals surface area contributed by atoms with Crippen molar-refractivity contribution in [1.82, 2.24) is 0 Å². The number of hydrogen-bond donors (Lipinski definition) is 1. The van der Waals surface area contributed by atoms with Gasteiger partial charge in [0.25, 0.3) is 0 Å². The molecule has 1 fully saturated rings. The van der Waals surface area contributed by atoms with Gasteiger partial charge in [0.05, 0.1) is 12.7 Å². The molecule has 0 aliphatic carbocycles. The zero-order valence-electron chi connectivity index (χ0n) is 8.53. The molecule has 13 heavy (non-hydrogen) atoms. The van der Waals surface area contributed by atoms with E-state index in [0.717, 1.165) is 19.4 Å². The highest BCUT2D eigenvalue weighted by atomic mass is 16.5. The highest BCUT2D eigenvalue weighted by Gasteiger charge is 2.29. The quantitative estimate of drug-likeness (QED) is 0.717. The highest BCUT2D eigenvalue weighted by Crippen LogP contribution is 2.26. The topological polar surface area (TPSA) is 38.7 Å². The average molecular weight is 188 g/mol. The molecule has 3 nitrogen and oxygen atoms in total. The molecule has 1 N–H and O–H groups in total. The molecule has 0 saturated carbocycles. The van der Waals surface area contributed by atoms with E-state index in [2.05, 4.69) is 6.92 Å². The summed E-state index contributed by atoms with van der Waals surface area (Å²) in [5.41, 5.74) is 0. The zero-order valence-corrected chi connectivity index (χ0v) is 8.53.